The lowest BCUT2D eigenvalue weighted by Gasteiger charge is -2.40. The van der Waals surface area contributed by atoms with Crippen LogP contribution in [-0.2, 0) is 10.2 Å². The molecule has 0 saturated carbocycles. The molecule has 0 bridgehead atoms. The van der Waals surface area contributed by atoms with E-state index in [0.29, 0.717) is 17.9 Å². The quantitative estimate of drug-likeness (QED) is 0.0885. The van der Waals surface area contributed by atoms with Crippen molar-refractivity contribution in [1.29, 1.82) is 0 Å². The van der Waals surface area contributed by atoms with E-state index in [9.17, 15) is 0 Å². The third-order valence-corrected chi connectivity index (χ3v) is 14.3. The fourth-order valence-corrected chi connectivity index (χ4v) is 11.2. The molecule has 5 aromatic carbocycles. The number of para-hydroxylation sites is 1. The maximum Gasteiger partial charge on any atom is 0.130 e. The van der Waals surface area contributed by atoms with Crippen LogP contribution in [0.4, 0.5) is 17.1 Å². The molecule has 6 unspecified atom stereocenters. The Hall–Kier alpha value is -6.26. The standard InChI is InChI=1S/C58H56N2O2/c1-5-6-9-16-40-33-45(59(41-17-10-7-11-18-41)44-26-30-57-58(4,37-44)52-32-39(3)24-28-56(52)62-57)35-49-46-21-14-15-22-47(46)53(36-48(40)49)60(42-19-12-8-13-20-42)43-25-29-55-51(34-43)50-31-38(2)23-27-54(50)61-55/h5-12,14-18,21-24,26-28,30,32-38,42,51,55,57H,13,19-20,25,29,31H2,1-4H3/b6-5-,16-9-. The first-order valence-electron chi connectivity index (χ1n) is 22.9. The second kappa shape index (κ2) is 15.6. The van der Waals surface area contributed by atoms with Crippen molar-refractivity contribution >= 4 is 44.7 Å². The number of ether oxygens (including phenoxy) is 2. The smallest absolute Gasteiger partial charge is 0.130 e. The van der Waals surface area contributed by atoms with Gasteiger partial charge in [0.2, 0.25) is 0 Å². The number of benzene rings is 5. The molecule has 2 heterocycles. The van der Waals surface area contributed by atoms with Crippen molar-refractivity contribution in [2.75, 3.05) is 9.80 Å². The van der Waals surface area contributed by atoms with Crippen LogP contribution in [0.2, 0.25) is 0 Å². The van der Waals surface area contributed by atoms with E-state index in [0.717, 1.165) is 67.1 Å². The number of fused-ring (bicyclic) bond motifs is 8. The van der Waals surface area contributed by atoms with Gasteiger partial charge in [0.15, 0.2) is 0 Å². The minimum absolute atomic E-state index is 0.0604. The monoisotopic (exact) mass is 812 g/mol. The fraction of sp³-hybridized carbons (Fsp3) is 0.276. The topological polar surface area (TPSA) is 24.9 Å². The molecule has 0 aromatic heterocycles. The van der Waals surface area contributed by atoms with Gasteiger partial charge in [-0.2, -0.15) is 0 Å². The van der Waals surface area contributed by atoms with Gasteiger partial charge < -0.3 is 19.3 Å². The predicted octanol–water partition coefficient (Wildman–Crippen LogP) is 14.7. The van der Waals surface area contributed by atoms with Crippen LogP contribution < -0.4 is 14.5 Å². The highest BCUT2D eigenvalue weighted by Gasteiger charge is 2.45. The van der Waals surface area contributed by atoms with Crippen molar-refractivity contribution in [3.05, 3.63) is 197 Å². The molecule has 0 N–H and O–H groups in total. The van der Waals surface area contributed by atoms with Crippen molar-refractivity contribution in [2.24, 2.45) is 11.8 Å². The third kappa shape index (κ3) is 6.58. The Morgan fingerprint density at radius 1 is 0.790 bits per heavy atom. The molecule has 11 rings (SSSR count). The van der Waals surface area contributed by atoms with Crippen LogP contribution in [-0.4, -0.2) is 18.2 Å². The lowest BCUT2D eigenvalue weighted by Crippen LogP contribution is -2.38. The van der Waals surface area contributed by atoms with Crippen LogP contribution in [0.1, 0.15) is 76.0 Å². The zero-order valence-corrected chi connectivity index (χ0v) is 36.4. The lowest BCUT2D eigenvalue weighted by atomic mass is 9.75. The van der Waals surface area contributed by atoms with E-state index in [4.69, 9.17) is 9.47 Å². The normalized spacial score (nSPS) is 26.0. The van der Waals surface area contributed by atoms with Gasteiger partial charge >= 0.3 is 0 Å². The molecule has 62 heavy (non-hydrogen) atoms. The number of rotatable bonds is 8. The number of hydrogen-bond acceptors (Lipinski definition) is 4. The molecule has 0 saturated heterocycles. The summed E-state index contributed by atoms with van der Waals surface area (Å²) in [5.74, 6) is 2.97. The van der Waals surface area contributed by atoms with Crippen molar-refractivity contribution < 1.29 is 9.47 Å². The summed E-state index contributed by atoms with van der Waals surface area (Å²) < 4.78 is 13.2. The van der Waals surface area contributed by atoms with Crippen LogP contribution in [0, 0.1) is 18.8 Å². The van der Waals surface area contributed by atoms with Gasteiger partial charge in [0.25, 0.3) is 0 Å². The zero-order chi connectivity index (χ0) is 42.0. The Morgan fingerprint density at radius 2 is 1.65 bits per heavy atom. The van der Waals surface area contributed by atoms with Gasteiger partial charge in [-0.3, -0.25) is 0 Å². The summed E-state index contributed by atoms with van der Waals surface area (Å²) in [5, 5.41) is 5.08. The Labute approximate surface area is 367 Å². The number of allylic oxidation sites excluding steroid dienone is 8. The van der Waals surface area contributed by atoms with Crippen LogP contribution in [0.5, 0.6) is 5.75 Å². The molecule has 0 radical (unpaired) electrons. The van der Waals surface area contributed by atoms with E-state index < -0.39 is 0 Å². The van der Waals surface area contributed by atoms with E-state index in [1.807, 2.05) is 0 Å². The summed E-state index contributed by atoms with van der Waals surface area (Å²) >= 11 is 0. The highest BCUT2D eigenvalue weighted by molar-refractivity contribution is 6.16. The highest BCUT2D eigenvalue weighted by atomic mass is 16.5. The molecule has 4 heteroatoms. The summed E-state index contributed by atoms with van der Waals surface area (Å²) in [6, 6.07) is 34.3. The van der Waals surface area contributed by atoms with Crippen LogP contribution in [0.25, 0.3) is 27.6 Å². The minimum Gasteiger partial charge on any atom is -0.490 e. The Bertz CT molecular complexity index is 2850. The molecule has 4 nitrogen and oxygen atoms in total. The second-order valence-corrected chi connectivity index (χ2v) is 18.5. The van der Waals surface area contributed by atoms with E-state index in [-0.39, 0.29) is 17.6 Å². The average Bonchev–Trinajstić information content (AvgIpc) is 3.80. The SMILES string of the molecule is C/C=C\C=C/c1cc(N(C2=CC3(C)c4cc(C)ccc4OC3C=C2)c2ccccc2)cc2c1cc(N(C1=CC3C4=C(C=CC(C)C4)OC3CC1)C1CC=CCC1)c1ccccc12. The Kier molecular flexibility index (Phi) is 9.71. The van der Waals surface area contributed by atoms with Crippen molar-refractivity contribution in [2.45, 2.75) is 89.9 Å². The minimum atomic E-state index is -0.314. The first-order valence-corrected chi connectivity index (χ1v) is 22.9. The fourth-order valence-electron chi connectivity index (χ4n) is 11.2. The molecule has 6 atom stereocenters. The molecule has 310 valence electrons. The van der Waals surface area contributed by atoms with E-state index in [2.05, 4.69) is 201 Å². The van der Waals surface area contributed by atoms with Gasteiger partial charge in [-0.1, -0.05) is 116 Å². The molecule has 2 aliphatic heterocycles. The molecule has 5 aromatic rings. The summed E-state index contributed by atoms with van der Waals surface area (Å²) in [7, 11) is 0. The number of nitrogens with zero attached hydrogens (tertiary/aromatic N) is 2. The number of hydrogen-bond donors (Lipinski definition) is 0. The molecule has 6 aliphatic rings. The molecule has 0 fully saturated rings. The Balaban J connectivity index is 1.11. The maximum absolute atomic E-state index is 6.63. The van der Waals surface area contributed by atoms with E-state index in [1.165, 1.54) is 55.2 Å². The van der Waals surface area contributed by atoms with Crippen molar-refractivity contribution in [3.8, 4) is 5.75 Å². The third-order valence-electron chi connectivity index (χ3n) is 14.3. The van der Waals surface area contributed by atoms with Gasteiger partial charge in [-0.15, -0.1) is 0 Å². The van der Waals surface area contributed by atoms with Crippen LogP contribution in [0.3, 0.4) is 0 Å². The van der Waals surface area contributed by atoms with E-state index in [1.54, 1.807) is 0 Å². The van der Waals surface area contributed by atoms with Crippen molar-refractivity contribution in [3.63, 3.8) is 0 Å². The first-order chi connectivity index (χ1) is 30.4. The molecular weight excluding hydrogens is 757 g/mol. The summed E-state index contributed by atoms with van der Waals surface area (Å²) in [5.41, 5.74) is 11.0. The molecule has 0 amide bonds. The van der Waals surface area contributed by atoms with Gasteiger partial charge in [0.05, 0.1) is 5.41 Å². The zero-order valence-electron chi connectivity index (χ0n) is 36.4. The Morgan fingerprint density at radius 3 is 2.48 bits per heavy atom. The summed E-state index contributed by atoms with van der Waals surface area (Å²) in [4.78, 5) is 5.21. The van der Waals surface area contributed by atoms with Gasteiger partial charge in [0.1, 0.15) is 23.7 Å². The van der Waals surface area contributed by atoms with Crippen molar-refractivity contribution in [1.82, 2.24) is 0 Å². The average molecular weight is 813 g/mol. The first kappa shape index (κ1) is 38.6. The van der Waals surface area contributed by atoms with E-state index >= 15 is 0 Å². The van der Waals surface area contributed by atoms with Crippen LogP contribution in [0.15, 0.2) is 181 Å². The van der Waals surface area contributed by atoms with Gasteiger partial charge in [-0.25, -0.2) is 0 Å². The molecule has 4 aliphatic carbocycles. The molecule has 0 spiro atoms. The summed E-state index contributed by atoms with van der Waals surface area (Å²) in [6.45, 7) is 8.91. The van der Waals surface area contributed by atoms with Crippen LogP contribution >= 0.6 is 0 Å². The number of anilines is 3. The molecular formula is C58H56N2O2. The summed E-state index contributed by atoms with van der Waals surface area (Å²) in [6.07, 6.45) is 34.2. The lowest BCUT2D eigenvalue weighted by molar-refractivity contribution is 0.118. The van der Waals surface area contributed by atoms with Gasteiger partial charge in [-0.05, 0) is 153 Å². The largest absolute Gasteiger partial charge is 0.490 e. The highest BCUT2D eigenvalue weighted by Crippen LogP contribution is 2.51. The van der Waals surface area contributed by atoms with Gasteiger partial charge in [0, 0.05) is 51.4 Å². The second-order valence-electron chi connectivity index (χ2n) is 18.5. The maximum atomic E-state index is 6.63. The predicted molar refractivity (Wildman–Crippen MR) is 259 cm³/mol. The number of aryl methyl sites for hydroxylation is 1.